The lowest BCUT2D eigenvalue weighted by Crippen LogP contribution is -2.01. The fraction of sp³-hybridized carbons (Fsp3) is 0.0435. The Morgan fingerprint density at radius 2 is 1.43 bits per heavy atom. The number of aromatic nitrogens is 1. The lowest BCUT2D eigenvalue weighted by atomic mass is 10.0. The molecule has 0 fully saturated rings. The summed E-state index contributed by atoms with van der Waals surface area (Å²) < 4.78 is 2.06. The van der Waals surface area contributed by atoms with Crippen LogP contribution in [0.25, 0.3) is 22.0 Å². The van der Waals surface area contributed by atoms with Gasteiger partial charge in [0.2, 0.25) is 0 Å². The standard InChI is InChI=1S/C23H17NO4/c25-22(26)19-5-1-3-15(11-19)14-24-10-9-18-12-17(7-8-21(18)24)16-4-2-6-20(13-16)23(27)28/h1-13H,14H2,(H,25,26)(H,27,28). The molecule has 0 aliphatic rings. The molecule has 5 heteroatoms. The van der Waals surface area contributed by atoms with Crippen LogP contribution in [0.3, 0.4) is 0 Å². The minimum Gasteiger partial charge on any atom is -0.478 e. The third-order valence-electron chi connectivity index (χ3n) is 4.74. The highest BCUT2D eigenvalue weighted by molar-refractivity contribution is 5.91. The van der Waals surface area contributed by atoms with Crippen LogP contribution >= 0.6 is 0 Å². The van der Waals surface area contributed by atoms with Crippen LogP contribution in [0.1, 0.15) is 26.3 Å². The maximum Gasteiger partial charge on any atom is 0.335 e. The molecule has 1 heterocycles. The normalized spacial score (nSPS) is 10.9. The van der Waals surface area contributed by atoms with E-state index in [1.807, 2.05) is 42.6 Å². The fourth-order valence-electron chi connectivity index (χ4n) is 3.35. The number of aromatic carboxylic acids is 2. The summed E-state index contributed by atoms with van der Waals surface area (Å²) in [6.07, 6.45) is 1.97. The monoisotopic (exact) mass is 371 g/mol. The molecule has 28 heavy (non-hydrogen) atoms. The Kier molecular flexibility index (Phi) is 4.41. The highest BCUT2D eigenvalue weighted by Crippen LogP contribution is 2.26. The summed E-state index contributed by atoms with van der Waals surface area (Å²) in [6.45, 7) is 0.568. The van der Waals surface area contributed by atoms with Crippen LogP contribution < -0.4 is 0 Å². The second kappa shape index (κ2) is 7.04. The second-order valence-corrected chi connectivity index (χ2v) is 6.61. The average Bonchev–Trinajstić information content (AvgIpc) is 3.10. The molecule has 3 aromatic carbocycles. The molecule has 0 saturated heterocycles. The molecular formula is C23H17NO4. The smallest absolute Gasteiger partial charge is 0.335 e. The van der Waals surface area contributed by atoms with Crippen molar-refractivity contribution < 1.29 is 19.8 Å². The van der Waals surface area contributed by atoms with E-state index >= 15 is 0 Å². The SMILES string of the molecule is O=C(O)c1cccc(Cn2ccc3cc(-c4cccc(C(=O)O)c4)ccc32)c1. The predicted octanol–water partition coefficient (Wildman–Crippen LogP) is 4.75. The Labute approximate surface area is 161 Å². The van der Waals surface area contributed by atoms with Gasteiger partial charge in [-0.2, -0.15) is 0 Å². The highest BCUT2D eigenvalue weighted by Gasteiger charge is 2.08. The molecule has 0 bridgehead atoms. The molecule has 0 aliphatic heterocycles. The summed E-state index contributed by atoms with van der Waals surface area (Å²) in [7, 11) is 0. The molecule has 0 aliphatic carbocycles. The van der Waals surface area contributed by atoms with Gasteiger partial charge in [0.05, 0.1) is 11.1 Å². The highest BCUT2D eigenvalue weighted by atomic mass is 16.4. The molecule has 4 aromatic rings. The summed E-state index contributed by atoms with van der Waals surface area (Å²) in [5.41, 5.74) is 4.27. The van der Waals surface area contributed by atoms with Gasteiger partial charge in [0, 0.05) is 23.6 Å². The van der Waals surface area contributed by atoms with E-state index in [1.165, 1.54) is 0 Å². The summed E-state index contributed by atoms with van der Waals surface area (Å²) in [5.74, 6) is -1.88. The number of fused-ring (bicyclic) bond motifs is 1. The van der Waals surface area contributed by atoms with Crippen LogP contribution in [0.5, 0.6) is 0 Å². The number of hydrogen-bond donors (Lipinski definition) is 2. The zero-order valence-corrected chi connectivity index (χ0v) is 14.9. The van der Waals surface area contributed by atoms with E-state index in [0.717, 1.165) is 27.6 Å². The van der Waals surface area contributed by atoms with Gasteiger partial charge in [-0.1, -0.05) is 30.3 Å². The topological polar surface area (TPSA) is 79.5 Å². The second-order valence-electron chi connectivity index (χ2n) is 6.61. The minimum atomic E-state index is -0.947. The van der Waals surface area contributed by atoms with Gasteiger partial charge in [-0.05, 0) is 59.2 Å². The van der Waals surface area contributed by atoms with E-state index in [1.54, 1.807) is 36.4 Å². The van der Waals surface area contributed by atoms with Crippen molar-refractivity contribution >= 4 is 22.8 Å². The third kappa shape index (κ3) is 3.38. The van der Waals surface area contributed by atoms with Gasteiger partial charge in [0.25, 0.3) is 0 Å². The van der Waals surface area contributed by atoms with E-state index in [2.05, 4.69) is 4.57 Å². The molecule has 0 atom stereocenters. The molecule has 0 saturated carbocycles. The molecule has 0 amide bonds. The van der Waals surface area contributed by atoms with Gasteiger partial charge in [-0.3, -0.25) is 0 Å². The first-order valence-electron chi connectivity index (χ1n) is 8.76. The zero-order chi connectivity index (χ0) is 19.7. The molecule has 5 nitrogen and oxygen atoms in total. The first-order chi connectivity index (χ1) is 13.5. The number of benzene rings is 3. The van der Waals surface area contributed by atoms with E-state index in [-0.39, 0.29) is 11.1 Å². The zero-order valence-electron chi connectivity index (χ0n) is 14.9. The number of carboxylic acids is 2. The van der Waals surface area contributed by atoms with Crippen molar-refractivity contribution in [2.24, 2.45) is 0 Å². The van der Waals surface area contributed by atoms with Crippen molar-refractivity contribution in [2.45, 2.75) is 6.54 Å². The molecule has 2 N–H and O–H groups in total. The molecular weight excluding hydrogens is 354 g/mol. The quantitative estimate of drug-likeness (QED) is 0.530. The van der Waals surface area contributed by atoms with E-state index in [0.29, 0.717) is 6.54 Å². The lowest BCUT2D eigenvalue weighted by Gasteiger charge is -2.08. The summed E-state index contributed by atoms with van der Waals surface area (Å²) >= 11 is 0. The number of rotatable bonds is 5. The van der Waals surface area contributed by atoms with Gasteiger partial charge >= 0.3 is 11.9 Å². The maximum absolute atomic E-state index is 11.2. The minimum absolute atomic E-state index is 0.258. The Bertz CT molecular complexity index is 1210. The number of carbonyl (C=O) groups is 2. The van der Waals surface area contributed by atoms with Gasteiger partial charge in [0.15, 0.2) is 0 Å². The number of carboxylic acid groups (broad SMARTS) is 2. The lowest BCUT2D eigenvalue weighted by molar-refractivity contribution is 0.0686. The molecule has 1 aromatic heterocycles. The number of hydrogen-bond acceptors (Lipinski definition) is 2. The summed E-state index contributed by atoms with van der Waals surface area (Å²) in [5, 5.41) is 19.4. The Balaban J connectivity index is 1.67. The Morgan fingerprint density at radius 3 is 2.18 bits per heavy atom. The van der Waals surface area contributed by atoms with Crippen molar-refractivity contribution in [1.82, 2.24) is 4.57 Å². The van der Waals surface area contributed by atoms with Crippen LogP contribution in [-0.2, 0) is 6.54 Å². The van der Waals surface area contributed by atoms with Crippen LogP contribution in [0.15, 0.2) is 79.0 Å². The van der Waals surface area contributed by atoms with Crippen molar-refractivity contribution in [3.8, 4) is 11.1 Å². The average molecular weight is 371 g/mol. The fourth-order valence-corrected chi connectivity index (χ4v) is 3.35. The van der Waals surface area contributed by atoms with Gasteiger partial charge in [-0.15, -0.1) is 0 Å². The molecule has 138 valence electrons. The maximum atomic E-state index is 11.2. The van der Waals surface area contributed by atoms with Crippen molar-refractivity contribution in [1.29, 1.82) is 0 Å². The molecule has 0 unspecified atom stereocenters. The molecule has 4 rings (SSSR count). The van der Waals surface area contributed by atoms with E-state index in [4.69, 9.17) is 5.11 Å². The number of nitrogens with zero attached hydrogens (tertiary/aromatic N) is 1. The molecule has 0 spiro atoms. The van der Waals surface area contributed by atoms with Crippen molar-refractivity contribution in [3.63, 3.8) is 0 Å². The van der Waals surface area contributed by atoms with E-state index in [9.17, 15) is 14.7 Å². The largest absolute Gasteiger partial charge is 0.478 e. The van der Waals surface area contributed by atoms with Gasteiger partial charge in [-0.25, -0.2) is 9.59 Å². The van der Waals surface area contributed by atoms with Gasteiger partial charge in [0.1, 0.15) is 0 Å². The third-order valence-corrected chi connectivity index (χ3v) is 4.74. The van der Waals surface area contributed by atoms with Crippen LogP contribution in [0, 0.1) is 0 Å². The Morgan fingerprint density at radius 1 is 0.750 bits per heavy atom. The summed E-state index contributed by atoms with van der Waals surface area (Å²) in [6, 6.07) is 21.8. The van der Waals surface area contributed by atoms with Crippen molar-refractivity contribution in [3.05, 3.63) is 95.7 Å². The van der Waals surface area contributed by atoms with Crippen LogP contribution in [0.4, 0.5) is 0 Å². The van der Waals surface area contributed by atoms with Crippen molar-refractivity contribution in [2.75, 3.05) is 0 Å². The van der Waals surface area contributed by atoms with Crippen LogP contribution in [0.2, 0.25) is 0 Å². The predicted molar refractivity (Wildman–Crippen MR) is 107 cm³/mol. The van der Waals surface area contributed by atoms with Crippen LogP contribution in [-0.4, -0.2) is 26.7 Å². The Hall–Kier alpha value is -3.86. The first-order valence-corrected chi connectivity index (χ1v) is 8.76. The summed E-state index contributed by atoms with van der Waals surface area (Å²) in [4.78, 5) is 22.4. The van der Waals surface area contributed by atoms with Gasteiger partial charge < -0.3 is 14.8 Å². The molecule has 0 radical (unpaired) electrons. The first kappa shape index (κ1) is 17.5. The van der Waals surface area contributed by atoms with E-state index < -0.39 is 11.9 Å².